The van der Waals surface area contributed by atoms with Gasteiger partial charge in [0.1, 0.15) is 6.54 Å². The lowest BCUT2D eigenvalue weighted by molar-refractivity contribution is -0.153. The van der Waals surface area contributed by atoms with Crippen LogP contribution in [0.3, 0.4) is 0 Å². The van der Waals surface area contributed by atoms with Crippen molar-refractivity contribution in [3.63, 3.8) is 0 Å². The fraction of sp³-hybridized carbons (Fsp3) is 0.400. The van der Waals surface area contributed by atoms with E-state index < -0.39 is 42.7 Å². The van der Waals surface area contributed by atoms with Crippen LogP contribution in [-0.4, -0.2) is 37.2 Å². The molecule has 9 heteroatoms. The average Bonchev–Trinajstić information content (AvgIpc) is 2.50. The van der Waals surface area contributed by atoms with Crippen LogP contribution in [0.25, 0.3) is 0 Å². The van der Waals surface area contributed by atoms with Crippen molar-refractivity contribution in [3.05, 3.63) is 35.9 Å². The van der Waals surface area contributed by atoms with Crippen LogP contribution in [0.15, 0.2) is 30.3 Å². The minimum atomic E-state index is -4.59. The van der Waals surface area contributed by atoms with Gasteiger partial charge in [0, 0.05) is 0 Å². The minimum Gasteiger partial charge on any atom is -0.455 e. The van der Waals surface area contributed by atoms with Gasteiger partial charge in [0.05, 0.1) is 5.41 Å². The lowest BCUT2D eigenvalue weighted by Crippen LogP contribution is -2.45. The Bertz CT molecular complexity index is 600. The number of carbonyl (C=O) groups excluding carboxylic acids is 3. The molecule has 0 bridgehead atoms. The summed E-state index contributed by atoms with van der Waals surface area (Å²) in [6.07, 6.45) is -4.59. The molecule has 2 N–H and O–H groups in total. The van der Waals surface area contributed by atoms with E-state index in [1.807, 2.05) is 0 Å². The van der Waals surface area contributed by atoms with Gasteiger partial charge in [-0.25, -0.2) is 4.79 Å². The molecule has 0 radical (unpaired) electrons. The number of halogens is 3. The number of urea groups is 1. The fourth-order valence-corrected chi connectivity index (χ4v) is 1.67. The summed E-state index contributed by atoms with van der Waals surface area (Å²) in [4.78, 5) is 34.6. The number of imide groups is 1. The first-order valence-corrected chi connectivity index (χ1v) is 6.89. The van der Waals surface area contributed by atoms with Gasteiger partial charge in [0.2, 0.25) is 0 Å². The monoisotopic (exact) mass is 346 g/mol. The van der Waals surface area contributed by atoms with Gasteiger partial charge in [-0.1, -0.05) is 30.3 Å². The molecule has 3 amide bonds. The quantitative estimate of drug-likeness (QED) is 0.798. The van der Waals surface area contributed by atoms with Crippen molar-refractivity contribution < 1.29 is 32.3 Å². The predicted octanol–water partition coefficient (Wildman–Crippen LogP) is 1.90. The lowest BCUT2D eigenvalue weighted by Gasteiger charge is -2.22. The zero-order valence-electron chi connectivity index (χ0n) is 13.1. The van der Waals surface area contributed by atoms with Crippen LogP contribution >= 0.6 is 0 Å². The molecule has 0 atom stereocenters. The van der Waals surface area contributed by atoms with Gasteiger partial charge in [-0.05, 0) is 19.4 Å². The first-order valence-electron chi connectivity index (χ1n) is 6.89. The Balaban J connectivity index is 2.46. The number of ether oxygens (including phenoxy) is 1. The molecule has 0 aliphatic rings. The maximum atomic E-state index is 12.1. The van der Waals surface area contributed by atoms with Crippen LogP contribution in [0.1, 0.15) is 19.4 Å². The van der Waals surface area contributed by atoms with Gasteiger partial charge in [-0.15, -0.1) is 0 Å². The molecule has 0 unspecified atom stereocenters. The van der Waals surface area contributed by atoms with E-state index in [1.54, 1.807) is 49.5 Å². The van der Waals surface area contributed by atoms with Crippen LogP contribution < -0.4 is 10.6 Å². The van der Waals surface area contributed by atoms with Crippen molar-refractivity contribution in [3.8, 4) is 0 Å². The van der Waals surface area contributed by atoms with E-state index in [0.29, 0.717) is 5.56 Å². The molecule has 0 fully saturated rings. The van der Waals surface area contributed by atoms with Crippen LogP contribution in [0.5, 0.6) is 0 Å². The molecule has 0 spiro atoms. The highest BCUT2D eigenvalue weighted by atomic mass is 19.4. The summed E-state index contributed by atoms with van der Waals surface area (Å²) < 4.78 is 40.5. The van der Waals surface area contributed by atoms with E-state index >= 15 is 0 Å². The third-order valence-corrected chi connectivity index (χ3v) is 3.04. The maximum absolute atomic E-state index is 12.1. The summed E-state index contributed by atoms with van der Waals surface area (Å²) in [6.45, 7) is 0.832. The number of rotatable bonds is 5. The molecule has 0 heterocycles. The molecule has 1 rings (SSSR count). The Morgan fingerprint density at radius 2 is 1.67 bits per heavy atom. The zero-order valence-corrected chi connectivity index (χ0v) is 13.1. The average molecular weight is 346 g/mol. The Hall–Kier alpha value is -2.58. The molecular formula is C15H17F3N2O4. The van der Waals surface area contributed by atoms with Crippen molar-refractivity contribution in [2.24, 2.45) is 0 Å². The highest BCUT2D eigenvalue weighted by molar-refractivity contribution is 5.96. The van der Waals surface area contributed by atoms with Crippen molar-refractivity contribution in [1.82, 2.24) is 10.6 Å². The number of amides is 3. The Morgan fingerprint density at radius 3 is 2.21 bits per heavy atom. The van der Waals surface area contributed by atoms with Gasteiger partial charge < -0.3 is 10.1 Å². The highest BCUT2D eigenvalue weighted by Gasteiger charge is 2.32. The lowest BCUT2D eigenvalue weighted by atomic mass is 9.85. The summed E-state index contributed by atoms with van der Waals surface area (Å²) in [5, 5.41) is 3.09. The highest BCUT2D eigenvalue weighted by Crippen LogP contribution is 2.24. The SMILES string of the molecule is CC(C)(C(=O)OCC(=O)NC(=O)NCC(F)(F)F)c1ccccc1. The van der Waals surface area contributed by atoms with Gasteiger partial charge in [0.25, 0.3) is 5.91 Å². The van der Waals surface area contributed by atoms with Crippen molar-refractivity contribution in [2.45, 2.75) is 25.4 Å². The van der Waals surface area contributed by atoms with Crippen molar-refractivity contribution in [2.75, 3.05) is 13.2 Å². The van der Waals surface area contributed by atoms with E-state index in [4.69, 9.17) is 4.74 Å². The molecule has 0 aliphatic carbocycles. The molecule has 0 saturated heterocycles. The molecule has 0 saturated carbocycles. The van der Waals surface area contributed by atoms with Gasteiger partial charge >= 0.3 is 18.2 Å². The molecule has 6 nitrogen and oxygen atoms in total. The van der Waals surface area contributed by atoms with Gasteiger partial charge in [-0.3, -0.25) is 14.9 Å². The predicted molar refractivity (Wildman–Crippen MR) is 78.0 cm³/mol. The van der Waals surface area contributed by atoms with E-state index in [0.717, 1.165) is 0 Å². The largest absolute Gasteiger partial charge is 0.455 e. The Morgan fingerprint density at radius 1 is 1.08 bits per heavy atom. The Kier molecular flexibility index (Phi) is 6.33. The van der Waals surface area contributed by atoms with Crippen LogP contribution in [0.4, 0.5) is 18.0 Å². The van der Waals surface area contributed by atoms with Crippen molar-refractivity contribution in [1.29, 1.82) is 0 Å². The molecule has 1 aromatic carbocycles. The van der Waals surface area contributed by atoms with Crippen molar-refractivity contribution >= 4 is 17.9 Å². The number of alkyl halides is 3. The van der Waals surface area contributed by atoms with Crippen LogP contribution in [-0.2, 0) is 19.7 Å². The first-order chi connectivity index (χ1) is 11.0. The fourth-order valence-electron chi connectivity index (χ4n) is 1.67. The number of hydrogen-bond acceptors (Lipinski definition) is 4. The number of nitrogens with one attached hydrogen (secondary N) is 2. The molecule has 132 valence electrons. The zero-order chi connectivity index (χ0) is 18.4. The normalized spacial score (nSPS) is 11.5. The van der Waals surface area contributed by atoms with Crippen LogP contribution in [0, 0.1) is 0 Å². The first kappa shape index (κ1) is 19.5. The van der Waals surface area contributed by atoms with E-state index in [9.17, 15) is 27.6 Å². The second-order valence-corrected chi connectivity index (χ2v) is 5.41. The number of benzene rings is 1. The second-order valence-electron chi connectivity index (χ2n) is 5.41. The van der Waals surface area contributed by atoms with Crippen LogP contribution in [0.2, 0.25) is 0 Å². The molecule has 24 heavy (non-hydrogen) atoms. The van der Waals surface area contributed by atoms with E-state index in [-0.39, 0.29) is 0 Å². The summed E-state index contributed by atoms with van der Waals surface area (Å²) in [7, 11) is 0. The standard InChI is InChI=1S/C15H17F3N2O4/c1-14(2,10-6-4-3-5-7-10)12(22)24-8-11(21)20-13(23)19-9-15(16,17)18/h3-7H,8-9H2,1-2H3,(H2,19,20,21,23). The van der Waals surface area contributed by atoms with Gasteiger partial charge in [-0.2, -0.15) is 13.2 Å². The maximum Gasteiger partial charge on any atom is 0.405 e. The summed E-state index contributed by atoms with van der Waals surface area (Å²) in [6, 6.07) is 7.36. The molecule has 0 aliphatic heterocycles. The topological polar surface area (TPSA) is 84.5 Å². The number of hydrogen-bond donors (Lipinski definition) is 2. The third kappa shape index (κ3) is 6.27. The molecule has 1 aromatic rings. The van der Waals surface area contributed by atoms with Gasteiger partial charge in [0.15, 0.2) is 6.61 Å². The summed E-state index contributed by atoms with van der Waals surface area (Å²) in [5.41, 5.74) is -0.363. The number of carbonyl (C=O) groups is 3. The minimum absolute atomic E-state index is 0.665. The van der Waals surface area contributed by atoms with E-state index in [2.05, 4.69) is 0 Å². The van der Waals surface area contributed by atoms with E-state index in [1.165, 1.54) is 5.32 Å². The molecular weight excluding hydrogens is 329 g/mol. The second kappa shape index (κ2) is 7.80. The summed E-state index contributed by atoms with van der Waals surface area (Å²) >= 11 is 0. The smallest absolute Gasteiger partial charge is 0.405 e. The molecule has 0 aromatic heterocycles. The third-order valence-electron chi connectivity index (χ3n) is 3.04. The number of esters is 1. The summed E-state index contributed by atoms with van der Waals surface area (Å²) in [5.74, 6) is -1.74. The Labute approximate surface area is 136 Å².